The molecule has 0 radical (unpaired) electrons. The van der Waals surface area contributed by atoms with Gasteiger partial charge in [0.1, 0.15) is 22.1 Å². The van der Waals surface area contributed by atoms with Crippen LogP contribution in [0, 0.1) is 0 Å². The van der Waals surface area contributed by atoms with Gasteiger partial charge in [0.2, 0.25) is 0 Å². The van der Waals surface area contributed by atoms with E-state index in [2.05, 4.69) is 4.99 Å². The molecule has 26 heavy (non-hydrogen) atoms. The summed E-state index contributed by atoms with van der Waals surface area (Å²) in [6.07, 6.45) is 1.58. The summed E-state index contributed by atoms with van der Waals surface area (Å²) in [5.74, 6) is -0.879. The number of halogens is 1. The Kier molecular flexibility index (Phi) is 5.35. The first kappa shape index (κ1) is 18.1. The van der Waals surface area contributed by atoms with E-state index in [0.29, 0.717) is 26.2 Å². The number of phenolic OH excluding ortho intramolecular Hbond substituents is 1. The van der Waals surface area contributed by atoms with Gasteiger partial charge in [-0.25, -0.2) is 9.79 Å². The molecule has 0 fully saturated rings. The Bertz CT molecular complexity index is 966. The zero-order chi connectivity index (χ0) is 18.7. The molecule has 5 nitrogen and oxygen atoms in total. The lowest BCUT2D eigenvalue weighted by atomic mass is 10.1. The number of aromatic hydroxyl groups is 1. The number of esters is 1. The third-order valence-electron chi connectivity index (χ3n) is 3.54. The largest absolute Gasteiger partial charge is 0.507 e. The topological polar surface area (TPSA) is 79.1 Å². The van der Waals surface area contributed by atoms with Gasteiger partial charge in [-0.05, 0) is 30.3 Å². The molecule has 0 aromatic heterocycles. The molecule has 0 bridgehead atoms. The van der Waals surface area contributed by atoms with Crippen LogP contribution < -0.4 is 0 Å². The lowest BCUT2D eigenvalue weighted by Gasteiger charge is -2.02. The SMILES string of the molecule is COC(=O)C1=C(O)/C(=C\c2ccccc2O)SC1=Nc1cccc(Cl)c1. The van der Waals surface area contributed by atoms with Crippen LogP contribution in [0.2, 0.25) is 5.02 Å². The first-order valence-corrected chi connectivity index (χ1v) is 8.73. The maximum atomic E-state index is 12.1. The zero-order valence-corrected chi connectivity index (χ0v) is 15.2. The van der Waals surface area contributed by atoms with Crippen molar-refractivity contribution in [3.05, 3.63) is 75.4 Å². The maximum Gasteiger partial charge on any atom is 0.344 e. The van der Waals surface area contributed by atoms with E-state index in [4.69, 9.17) is 16.3 Å². The number of benzene rings is 2. The third-order valence-corrected chi connectivity index (χ3v) is 4.80. The van der Waals surface area contributed by atoms with Crippen molar-refractivity contribution in [2.75, 3.05) is 7.11 Å². The fourth-order valence-electron chi connectivity index (χ4n) is 2.30. The Morgan fingerprint density at radius 3 is 2.65 bits per heavy atom. The number of methoxy groups -OCH3 is 1. The molecule has 2 aromatic rings. The standard InChI is InChI=1S/C19H14ClNO4S/c1-25-19(24)16-17(23)15(9-11-5-2-3-8-14(11)22)26-18(16)21-13-7-4-6-12(20)10-13/h2-10,22-23H,1H3/b15-9+,21-18?. The molecular weight excluding hydrogens is 374 g/mol. The molecule has 0 aliphatic carbocycles. The number of para-hydroxylation sites is 1. The third kappa shape index (κ3) is 3.76. The number of aliphatic hydroxyl groups is 1. The monoisotopic (exact) mass is 387 g/mol. The van der Waals surface area contributed by atoms with Crippen LogP contribution in [0.4, 0.5) is 5.69 Å². The summed E-state index contributed by atoms with van der Waals surface area (Å²) in [4.78, 5) is 16.9. The quantitative estimate of drug-likeness (QED) is 0.736. The number of carbonyl (C=O) groups is 1. The number of hydrogen-bond acceptors (Lipinski definition) is 6. The minimum atomic E-state index is -0.698. The highest BCUT2D eigenvalue weighted by molar-refractivity contribution is 8.18. The van der Waals surface area contributed by atoms with Gasteiger partial charge in [0, 0.05) is 10.6 Å². The minimum Gasteiger partial charge on any atom is -0.507 e. The van der Waals surface area contributed by atoms with Crippen LogP contribution in [-0.2, 0) is 9.53 Å². The van der Waals surface area contributed by atoms with E-state index >= 15 is 0 Å². The summed E-state index contributed by atoms with van der Waals surface area (Å²) in [7, 11) is 1.23. The van der Waals surface area contributed by atoms with Gasteiger partial charge in [-0.15, -0.1) is 0 Å². The molecule has 7 heteroatoms. The van der Waals surface area contributed by atoms with Crippen molar-refractivity contribution in [1.29, 1.82) is 0 Å². The predicted octanol–water partition coefficient (Wildman–Crippen LogP) is 4.85. The van der Waals surface area contributed by atoms with Crippen LogP contribution in [0.25, 0.3) is 6.08 Å². The van der Waals surface area contributed by atoms with E-state index in [0.717, 1.165) is 11.8 Å². The van der Waals surface area contributed by atoms with Gasteiger partial charge in [0.15, 0.2) is 0 Å². The van der Waals surface area contributed by atoms with E-state index in [1.165, 1.54) is 13.2 Å². The van der Waals surface area contributed by atoms with Gasteiger partial charge in [-0.3, -0.25) is 0 Å². The van der Waals surface area contributed by atoms with Crippen molar-refractivity contribution in [3.8, 4) is 5.75 Å². The van der Waals surface area contributed by atoms with Crippen LogP contribution in [0.1, 0.15) is 5.56 Å². The van der Waals surface area contributed by atoms with Crippen molar-refractivity contribution >= 4 is 46.1 Å². The van der Waals surface area contributed by atoms with Crippen molar-refractivity contribution in [2.45, 2.75) is 0 Å². The highest BCUT2D eigenvalue weighted by Gasteiger charge is 2.33. The van der Waals surface area contributed by atoms with Crippen molar-refractivity contribution in [1.82, 2.24) is 0 Å². The molecule has 132 valence electrons. The predicted molar refractivity (Wildman–Crippen MR) is 104 cm³/mol. The highest BCUT2D eigenvalue weighted by atomic mass is 35.5. The van der Waals surface area contributed by atoms with Gasteiger partial charge in [-0.2, -0.15) is 0 Å². The lowest BCUT2D eigenvalue weighted by molar-refractivity contribution is -0.135. The highest BCUT2D eigenvalue weighted by Crippen LogP contribution is 2.41. The Hall–Kier alpha value is -2.70. The molecule has 1 aliphatic heterocycles. The number of hydrogen-bond donors (Lipinski definition) is 2. The second-order valence-corrected chi connectivity index (χ2v) is 6.75. The average Bonchev–Trinajstić information content (AvgIpc) is 2.91. The molecule has 0 amide bonds. The van der Waals surface area contributed by atoms with Crippen LogP contribution >= 0.6 is 23.4 Å². The number of nitrogens with zero attached hydrogens (tertiary/aromatic N) is 1. The number of thioether (sulfide) groups is 1. The van der Waals surface area contributed by atoms with Gasteiger partial charge in [0.05, 0.1) is 17.7 Å². The van der Waals surface area contributed by atoms with Crippen LogP contribution in [0.3, 0.4) is 0 Å². The number of rotatable bonds is 3. The van der Waals surface area contributed by atoms with E-state index < -0.39 is 5.97 Å². The normalized spacial score (nSPS) is 17.2. The van der Waals surface area contributed by atoms with Gasteiger partial charge in [-0.1, -0.05) is 47.6 Å². The number of carbonyl (C=O) groups excluding carboxylic acids is 1. The molecule has 0 saturated heterocycles. The second kappa shape index (κ2) is 7.68. The lowest BCUT2D eigenvalue weighted by Crippen LogP contribution is -2.10. The molecule has 0 spiro atoms. The Morgan fingerprint density at radius 1 is 1.19 bits per heavy atom. The second-order valence-electron chi connectivity index (χ2n) is 5.28. The first-order valence-electron chi connectivity index (χ1n) is 7.53. The number of aliphatic imine (C=N–C) groups is 1. The summed E-state index contributed by atoms with van der Waals surface area (Å²) >= 11 is 7.08. The van der Waals surface area contributed by atoms with E-state index in [9.17, 15) is 15.0 Å². The van der Waals surface area contributed by atoms with E-state index in [-0.39, 0.29) is 17.1 Å². The van der Waals surface area contributed by atoms with Crippen LogP contribution in [0.5, 0.6) is 5.75 Å². The minimum absolute atomic E-state index is 0.0286. The van der Waals surface area contributed by atoms with Crippen molar-refractivity contribution in [3.63, 3.8) is 0 Å². The molecule has 1 heterocycles. The van der Waals surface area contributed by atoms with Crippen LogP contribution in [0.15, 0.2) is 69.8 Å². The molecule has 0 unspecified atom stereocenters. The van der Waals surface area contributed by atoms with Gasteiger partial charge in [0.25, 0.3) is 0 Å². The Balaban J connectivity index is 2.07. The molecule has 1 aliphatic rings. The number of phenols is 1. The summed E-state index contributed by atoms with van der Waals surface area (Å²) < 4.78 is 4.76. The Labute approximate surface area is 159 Å². The zero-order valence-electron chi connectivity index (χ0n) is 13.6. The molecule has 2 N–H and O–H groups in total. The molecule has 0 atom stereocenters. The van der Waals surface area contributed by atoms with Crippen LogP contribution in [-0.4, -0.2) is 28.3 Å². The Morgan fingerprint density at radius 2 is 1.96 bits per heavy atom. The molecule has 2 aromatic carbocycles. The maximum absolute atomic E-state index is 12.1. The number of ether oxygens (including phenoxy) is 1. The summed E-state index contributed by atoms with van der Waals surface area (Å²) in [5.41, 5.74) is 1.02. The molecular formula is C19H14ClNO4S. The summed E-state index contributed by atoms with van der Waals surface area (Å²) in [6.45, 7) is 0. The average molecular weight is 388 g/mol. The van der Waals surface area contributed by atoms with E-state index in [1.807, 2.05) is 0 Å². The fourth-order valence-corrected chi connectivity index (χ4v) is 3.51. The first-order chi connectivity index (χ1) is 12.5. The molecule has 3 rings (SSSR count). The summed E-state index contributed by atoms with van der Waals surface area (Å²) in [6, 6.07) is 13.5. The van der Waals surface area contributed by atoms with Crippen molar-refractivity contribution in [2.24, 2.45) is 4.99 Å². The number of aliphatic hydroxyl groups excluding tert-OH is 1. The molecule has 0 saturated carbocycles. The smallest absolute Gasteiger partial charge is 0.344 e. The fraction of sp³-hybridized carbons (Fsp3) is 0.0526. The van der Waals surface area contributed by atoms with Gasteiger partial charge >= 0.3 is 5.97 Å². The van der Waals surface area contributed by atoms with E-state index in [1.54, 1.807) is 48.5 Å². The van der Waals surface area contributed by atoms with Gasteiger partial charge < -0.3 is 14.9 Å². The van der Waals surface area contributed by atoms with Crippen molar-refractivity contribution < 1.29 is 19.7 Å². The summed E-state index contributed by atoms with van der Waals surface area (Å²) in [5, 5.41) is 21.2.